The molecule has 1 aromatic rings. The number of nitrogens with zero attached hydrogens (tertiary/aromatic N) is 1. The summed E-state index contributed by atoms with van der Waals surface area (Å²) in [6, 6.07) is 8.22. The van der Waals surface area contributed by atoms with Crippen molar-refractivity contribution in [3.63, 3.8) is 0 Å². The highest BCUT2D eigenvalue weighted by molar-refractivity contribution is 7.88. The van der Waals surface area contributed by atoms with Gasteiger partial charge in [-0.15, -0.1) is 0 Å². The van der Waals surface area contributed by atoms with E-state index in [2.05, 4.69) is 12.1 Å². The van der Waals surface area contributed by atoms with Crippen molar-refractivity contribution in [3.8, 4) is 0 Å². The molecule has 0 aromatic heterocycles. The Kier molecular flexibility index (Phi) is 3.52. The highest BCUT2D eigenvalue weighted by atomic mass is 32.2. The number of aryl methyl sites for hydroxylation is 1. The lowest BCUT2D eigenvalue weighted by molar-refractivity contribution is 0.225. The summed E-state index contributed by atoms with van der Waals surface area (Å²) in [4.78, 5) is 0. The minimum Gasteiger partial charge on any atom is -0.212 e. The predicted molar refractivity (Wildman–Crippen MR) is 74.0 cm³/mol. The molecule has 2 rings (SSSR count). The molecule has 1 atom stereocenters. The molecule has 0 fully saturated rings. The molecule has 1 aromatic carbocycles. The first-order chi connectivity index (χ1) is 8.36. The van der Waals surface area contributed by atoms with Crippen LogP contribution >= 0.6 is 0 Å². The van der Waals surface area contributed by atoms with Crippen LogP contribution < -0.4 is 0 Å². The topological polar surface area (TPSA) is 37.4 Å². The van der Waals surface area contributed by atoms with Crippen molar-refractivity contribution >= 4 is 10.0 Å². The number of rotatable bonds is 2. The van der Waals surface area contributed by atoms with Crippen LogP contribution in [0.4, 0.5) is 0 Å². The normalized spacial score (nSPS) is 24.7. The second-order valence-electron chi connectivity index (χ2n) is 5.37. The first-order valence-corrected chi connectivity index (χ1v) is 8.23. The summed E-state index contributed by atoms with van der Waals surface area (Å²) in [6.07, 6.45) is 5.40. The van der Waals surface area contributed by atoms with Crippen molar-refractivity contribution in [1.82, 2.24) is 4.31 Å². The van der Waals surface area contributed by atoms with Gasteiger partial charge in [-0.25, -0.2) is 8.42 Å². The number of hydrogen-bond acceptors (Lipinski definition) is 2. The fourth-order valence-electron chi connectivity index (χ4n) is 2.88. The Morgan fingerprint density at radius 2 is 1.89 bits per heavy atom. The van der Waals surface area contributed by atoms with E-state index in [0.29, 0.717) is 0 Å². The zero-order valence-corrected chi connectivity index (χ0v) is 12.1. The molecule has 0 heterocycles. The molecule has 0 bridgehead atoms. The average Bonchev–Trinajstić information content (AvgIpc) is 2.48. The van der Waals surface area contributed by atoms with Crippen LogP contribution in [0.1, 0.15) is 37.3 Å². The molecule has 0 saturated carbocycles. The Morgan fingerprint density at radius 3 is 2.56 bits per heavy atom. The molecular weight excluding hydrogens is 246 g/mol. The van der Waals surface area contributed by atoms with Gasteiger partial charge in [-0.2, -0.15) is 4.31 Å². The summed E-state index contributed by atoms with van der Waals surface area (Å²) in [5, 5.41) is 0. The third kappa shape index (κ3) is 2.31. The van der Waals surface area contributed by atoms with Gasteiger partial charge < -0.3 is 0 Å². The van der Waals surface area contributed by atoms with Crippen molar-refractivity contribution < 1.29 is 8.42 Å². The predicted octanol–water partition coefficient (Wildman–Crippen LogP) is 2.52. The molecule has 0 radical (unpaired) electrons. The molecular formula is C14H21NO2S. The van der Waals surface area contributed by atoms with Crippen molar-refractivity contribution in [3.05, 3.63) is 35.4 Å². The first kappa shape index (κ1) is 13.6. The van der Waals surface area contributed by atoms with Gasteiger partial charge in [-0.3, -0.25) is 0 Å². The molecule has 3 nitrogen and oxygen atoms in total. The van der Waals surface area contributed by atoms with Crippen molar-refractivity contribution in [2.45, 2.75) is 38.1 Å². The van der Waals surface area contributed by atoms with Gasteiger partial charge in [0.25, 0.3) is 0 Å². The zero-order valence-electron chi connectivity index (χ0n) is 11.3. The summed E-state index contributed by atoms with van der Waals surface area (Å²) in [6.45, 7) is 2.04. The molecule has 1 aliphatic carbocycles. The van der Waals surface area contributed by atoms with Gasteiger partial charge in [0.05, 0.1) is 11.8 Å². The van der Waals surface area contributed by atoms with Crippen LogP contribution in [-0.2, 0) is 22.0 Å². The van der Waals surface area contributed by atoms with E-state index >= 15 is 0 Å². The van der Waals surface area contributed by atoms with E-state index in [4.69, 9.17) is 0 Å². The summed E-state index contributed by atoms with van der Waals surface area (Å²) >= 11 is 0. The molecule has 1 aliphatic rings. The van der Waals surface area contributed by atoms with Crippen molar-refractivity contribution in [1.29, 1.82) is 0 Å². The Labute approximate surface area is 110 Å². The molecule has 100 valence electrons. The third-order valence-electron chi connectivity index (χ3n) is 4.15. The lowest BCUT2D eigenvalue weighted by Crippen LogP contribution is -2.44. The van der Waals surface area contributed by atoms with Crippen LogP contribution in [-0.4, -0.2) is 26.0 Å². The van der Waals surface area contributed by atoms with E-state index in [1.54, 1.807) is 7.05 Å². The highest BCUT2D eigenvalue weighted by Crippen LogP contribution is 2.39. The minimum absolute atomic E-state index is 0.416. The first-order valence-electron chi connectivity index (χ1n) is 6.38. The average molecular weight is 267 g/mol. The molecule has 0 spiro atoms. The van der Waals surface area contributed by atoms with E-state index in [0.717, 1.165) is 31.2 Å². The summed E-state index contributed by atoms with van der Waals surface area (Å²) in [7, 11) is -1.49. The van der Waals surface area contributed by atoms with Gasteiger partial charge in [0.1, 0.15) is 0 Å². The van der Waals surface area contributed by atoms with Gasteiger partial charge >= 0.3 is 0 Å². The van der Waals surface area contributed by atoms with Gasteiger partial charge in [0, 0.05) is 7.05 Å². The zero-order chi connectivity index (χ0) is 13.4. The molecule has 0 amide bonds. The number of hydrogen-bond donors (Lipinski definition) is 0. The van der Waals surface area contributed by atoms with Crippen LogP contribution in [0.2, 0.25) is 0 Å². The highest BCUT2D eigenvalue weighted by Gasteiger charge is 2.38. The maximum Gasteiger partial charge on any atom is 0.211 e. The third-order valence-corrected chi connectivity index (χ3v) is 5.55. The fourth-order valence-corrected chi connectivity index (χ4v) is 3.80. The van der Waals surface area contributed by atoms with Gasteiger partial charge in [-0.1, -0.05) is 30.7 Å². The molecule has 1 unspecified atom stereocenters. The monoisotopic (exact) mass is 267 g/mol. The lowest BCUT2D eigenvalue weighted by Gasteiger charge is -2.38. The second kappa shape index (κ2) is 4.67. The SMILES string of the molecule is CN(C1(C)CCCCc2ccccc21)S(C)(=O)=O. The Balaban J connectivity index is 2.56. The van der Waals surface area contributed by atoms with Crippen molar-refractivity contribution in [2.24, 2.45) is 0 Å². The molecule has 18 heavy (non-hydrogen) atoms. The van der Waals surface area contributed by atoms with Crippen LogP contribution in [0.15, 0.2) is 24.3 Å². The number of sulfonamides is 1. The smallest absolute Gasteiger partial charge is 0.211 e. The van der Waals surface area contributed by atoms with E-state index in [1.807, 2.05) is 19.1 Å². The lowest BCUT2D eigenvalue weighted by atomic mass is 9.86. The summed E-state index contributed by atoms with van der Waals surface area (Å²) in [5.74, 6) is 0. The Hall–Kier alpha value is -0.870. The number of fused-ring (bicyclic) bond motifs is 1. The van der Waals surface area contributed by atoms with Crippen LogP contribution in [0.5, 0.6) is 0 Å². The quantitative estimate of drug-likeness (QED) is 0.772. The fraction of sp³-hybridized carbons (Fsp3) is 0.571. The largest absolute Gasteiger partial charge is 0.212 e. The molecule has 0 aliphatic heterocycles. The van der Waals surface area contributed by atoms with Gasteiger partial charge in [-0.05, 0) is 37.3 Å². The van der Waals surface area contributed by atoms with Crippen LogP contribution in [0, 0.1) is 0 Å². The molecule has 0 N–H and O–H groups in total. The molecule has 0 saturated heterocycles. The van der Waals surface area contributed by atoms with E-state index in [1.165, 1.54) is 16.1 Å². The van der Waals surface area contributed by atoms with Gasteiger partial charge in [0.15, 0.2) is 0 Å². The van der Waals surface area contributed by atoms with Gasteiger partial charge in [0.2, 0.25) is 10.0 Å². The Bertz CT molecular complexity index is 538. The second-order valence-corrected chi connectivity index (χ2v) is 7.38. The summed E-state index contributed by atoms with van der Waals surface area (Å²) < 4.78 is 25.3. The van der Waals surface area contributed by atoms with E-state index in [-0.39, 0.29) is 0 Å². The van der Waals surface area contributed by atoms with Crippen LogP contribution in [0.3, 0.4) is 0 Å². The minimum atomic E-state index is -3.19. The number of benzene rings is 1. The van der Waals surface area contributed by atoms with Crippen LogP contribution in [0.25, 0.3) is 0 Å². The maximum atomic E-state index is 11.9. The standard InChI is InChI=1S/C14H21NO2S/c1-14(15(2)18(3,16)17)11-7-6-9-12-8-4-5-10-13(12)14/h4-5,8,10H,6-7,9,11H2,1-3H3. The molecule has 4 heteroatoms. The maximum absolute atomic E-state index is 11.9. The van der Waals surface area contributed by atoms with E-state index in [9.17, 15) is 8.42 Å². The summed E-state index contributed by atoms with van der Waals surface area (Å²) in [5.41, 5.74) is 2.03. The van der Waals surface area contributed by atoms with Crippen molar-refractivity contribution in [2.75, 3.05) is 13.3 Å². The Morgan fingerprint density at radius 1 is 1.22 bits per heavy atom. The van der Waals surface area contributed by atoms with E-state index < -0.39 is 15.6 Å².